The number of nitrogens with one attached hydrogen (secondary N) is 2. The van der Waals surface area contributed by atoms with Crippen LogP contribution >= 0.6 is 0 Å². The monoisotopic (exact) mass is 480 g/mol. The van der Waals surface area contributed by atoms with Gasteiger partial charge < -0.3 is 15.7 Å². The van der Waals surface area contributed by atoms with Gasteiger partial charge in [-0.05, 0) is 63.6 Å². The van der Waals surface area contributed by atoms with E-state index in [4.69, 9.17) is 0 Å². The molecule has 11 heteroatoms. The van der Waals surface area contributed by atoms with Crippen molar-refractivity contribution in [3.8, 4) is 0 Å². The maximum atomic E-state index is 14.6. The molecule has 182 valence electrons. The quantitative estimate of drug-likeness (QED) is 0.474. The Morgan fingerprint density at radius 2 is 1.79 bits per heavy atom. The van der Waals surface area contributed by atoms with Gasteiger partial charge >= 0.3 is 12.2 Å². The molecule has 0 bridgehead atoms. The third kappa shape index (κ3) is 5.53. The number of aromatic nitrogens is 2. The highest BCUT2D eigenvalue weighted by Crippen LogP contribution is 2.34. The van der Waals surface area contributed by atoms with Gasteiger partial charge in [-0.1, -0.05) is 6.07 Å². The number of amides is 2. The molecule has 3 N–H and O–H groups in total. The number of aliphatic hydroxyl groups excluding tert-OH is 1. The number of fused-ring (bicyclic) bond motifs is 1. The lowest BCUT2D eigenvalue weighted by molar-refractivity contribution is -0.206. The number of anilines is 1. The fourth-order valence-electron chi connectivity index (χ4n) is 3.50. The first-order valence-corrected chi connectivity index (χ1v) is 10.3. The van der Waals surface area contributed by atoms with Gasteiger partial charge in [-0.2, -0.15) is 13.2 Å². The minimum absolute atomic E-state index is 0.206. The van der Waals surface area contributed by atoms with Crippen molar-refractivity contribution in [1.82, 2.24) is 14.9 Å². The summed E-state index contributed by atoms with van der Waals surface area (Å²) in [5.74, 6) is -0.834. The Hall–Kier alpha value is -3.47. The van der Waals surface area contributed by atoms with Gasteiger partial charge in [0.15, 0.2) is 6.10 Å². The van der Waals surface area contributed by atoms with Crippen molar-refractivity contribution in [2.75, 3.05) is 5.32 Å². The number of urea groups is 1. The zero-order chi connectivity index (χ0) is 25.4. The summed E-state index contributed by atoms with van der Waals surface area (Å²) >= 11 is 0. The van der Waals surface area contributed by atoms with Crippen molar-refractivity contribution in [3.05, 3.63) is 69.9 Å². The summed E-state index contributed by atoms with van der Waals surface area (Å²) in [6, 6.07) is 5.62. The van der Waals surface area contributed by atoms with E-state index in [2.05, 4.69) is 15.6 Å². The number of rotatable bonds is 4. The van der Waals surface area contributed by atoms with E-state index in [-0.39, 0.29) is 11.1 Å². The third-order valence-corrected chi connectivity index (χ3v) is 5.02. The molecular formula is C23H24F4N4O3. The molecule has 3 aromatic rings. The molecule has 0 saturated carbocycles. The summed E-state index contributed by atoms with van der Waals surface area (Å²) in [6.07, 6.45) is -6.72. The lowest BCUT2D eigenvalue weighted by Gasteiger charge is -2.22. The minimum Gasteiger partial charge on any atom is -0.379 e. The predicted octanol–water partition coefficient (Wildman–Crippen LogP) is 4.66. The van der Waals surface area contributed by atoms with Crippen molar-refractivity contribution in [3.63, 3.8) is 0 Å². The van der Waals surface area contributed by atoms with Crippen LogP contribution in [0, 0.1) is 5.82 Å². The SMILES string of the molecule is C[C@@H](c1cc(C(O)C(F)(F)F)ccc1F)n1c(=O)cnc2cc(NC(=O)NC(C)(C)C)ccc21. The second-order valence-electron chi connectivity index (χ2n) is 8.90. The first-order chi connectivity index (χ1) is 15.7. The van der Waals surface area contributed by atoms with Gasteiger partial charge in [0, 0.05) is 16.8 Å². The van der Waals surface area contributed by atoms with Crippen LogP contribution in [-0.2, 0) is 0 Å². The van der Waals surface area contributed by atoms with Crippen molar-refractivity contribution in [2.24, 2.45) is 0 Å². The Labute approximate surface area is 192 Å². The van der Waals surface area contributed by atoms with Crippen molar-refractivity contribution in [2.45, 2.75) is 51.6 Å². The van der Waals surface area contributed by atoms with E-state index < -0.39 is 46.8 Å². The molecule has 0 aliphatic rings. The van der Waals surface area contributed by atoms with Gasteiger partial charge in [-0.25, -0.2) is 14.2 Å². The molecule has 3 rings (SSSR count). The number of aliphatic hydroxyl groups is 1. The number of carbonyl (C=O) groups is 1. The van der Waals surface area contributed by atoms with Crippen LogP contribution in [0.25, 0.3) is 11.0 Å². The summed E-state index contributed by atoms with van der Waals surface area (Å²) in [5, 5.41) is 15.0. The molecule has 1 unspecified atom stereocenters. The summed E-state index contributed by atoms with van der Waals surface area (Å²) in [7, 11) is 0. The van der Waals surface area contributed by atoms with Crippen molar-refractivity contribution >= 4 is 22.8 Å². The maximum Gasteiger partial charge on any atom is 0.418 e. The molecule has 0 fully saturated rings. The normalized spacial score (nSPS) is 14.0. The average molecular weight is 480 g/mol. The Morgan fingerprint density at radius 1 is 1.12 bits per heavy atom. The van der Waals surface area contributed by atoms with E-state index in [1.807, 2.05) is 20.8 Å². The van der Waals surface area contributed by atoms with Crippen LogP contribution in [-0.4, -0.2) is 32.4 Å². The number of benzene rings is 2. The van der Waals surface area contributed by atoms with Gasteiger partial charge in [0.25, 0.3) is 5.56 Å². The predicted molar refractivity (Wildman–Crippen MR) is 119 cm³/mol. The Bertz CT molecular complexity index is 1280. The second kappa shape index (κ2) is 9.05. The van der Waals surface area contributed by atoms with Crippen LogP contribution in [0.15, 0.2) is 47.4 Å². The minimum atomic E-state index is -4.93. The van der Waals surface area contributed by atoms with Crippen molar-refractivity contribution < 1.29 is 27.5 Å². The van der Waals surface area contributed by atoms with Crippen molar-refractivity contribution in [1.29, 1.82) is 0 Å². The van der Waals surface area contributed by atoms with Gasteiger partial charge in [0.2, 0.25) is 0 Å². The second-order valence-corrected chi connectivity index (χ2v) is 8.90. The molecule has 34 heavy (non-hydrogen) atoms. The lowest BCUT2D eigenvalue weighted by atomic mass is 10.0. The first-order valence-electron chi connectivity index (χ1n) is 10.3. The van der Waals surface area contributed by atoms with Gasteiger partial charge in [0.1, 0.15) is 5.82 Å². The molecule has 1 aromatic heterocycles. The molecule has 0 aliphatic carbocycles. The maximum absolute atomic E-state index is 14.6. The number of hydrogen-bond acceptors (Lipinski definition) is 4. The molecule has 0 radical (unpaired) electrons. The number of hydrogen-bond donors (Lipinski definition) is 3. The summed E-state index contributed by atoms with van der Waals surface area (Å²) in [6.45, 7) is 6.90. The van der Waals surface area contributed by atoms with E-state index >= 15 is 0 Å². The van der Waals surface area contributed by atoms with Gasteiger partial charge in [-0.15, -0.1) is 0 Å². The number of halogens is 4. The molecule has 1 heterocycles. The van der Waals surface area contributed by atoms with Crippen LogP contribution in [0.1, 0.15) is 51.0 Å². The van der Waals surface area contributed by atoms with E-state index in [9.17, 15) is 32.3 Å². The number of carbonyl (C=O) groups excluding carboxylic acids is 1. The van der Waals surface area contributed by atoms with Crippen LogP contribution < -0.4 is 16.2 Å². The highest BCUT2D eigenvalue weighted by Gasteiger charge is 2.39. The first kappa shape index (κ1) is 25.2. The van der Waals surface area contributed by atoms with Gasteiger partial charge in [-0.3, -0.25) is 9.36 Å². The third-order valence-electron chi connectivity index (χ3n) is 5.02. The summed E-state index contributed by atoms with van der Waals surface area (Å²) in [4.78, 5) is 28.8. The Morgan fingerprint density at radius 3 is 2.41 bits per heavy atom. The average Bonchev–Trinajstić information content (AvgIpc) is 2.71. The zero-order valence-corrected chi connectivity index (χ0v) is 18.9. The number of nitrogens with zero attached hydrogens (tertiary/aromatic N) is 2. The molecule has 2 atom stereocenters. The molecule has 0 spiro atoms. The zero-order valence-electron chi connectivity index (χ0n) is 18.9. The van der Waals surface area contributed by atoms with E-state index in [1.165, 1.54) is 29.7 Å². The summed E-state index contributed by atoms with van der Waals surface area (Å²) < 4.78 is 54.6. The van der Waals surface area contributed by atoms with Crippen LogP contribution in [0.3, 0.4) is 0 Å². The van der Waals surface area contributed by atoms with Gasteiger partial charge in [0.05, 0.1) is 23.3 Å². The highest BCUT2D eigenvalue weighted by molar-refractivity contribution is 5.92. The Kier molecular flexibility index (Phi) is 6.70. The van der Waals surface area contributed by atoms with E-state index in [0.717, 1.165) is 24.4 Å². The lowest BCUT2D eigenvalue weighted by Crippen LogP contribution is -2.43. The van der Waals surface area contributed by atoms with Crippen LogP contribution in [0.5, 0.6) is 0 Å². The molecule has 0 aliphatic heterocycles. The smallest absolute Gasteiger partial charge is 0.379 e. The van der Waals surface area contributed by atoms with E-state index in [1.54, 1.807) is 0 Å². The van der Waals surface area contributed by atoms with E-state index in [0.29, 0.717) is 11.2 Å². The Balaban J connectivity index is 2.02. The highest BCUT2D eigenvalue weighted by atomic mass is 19.4. The standard InChI is InChI=1S/C23H24F4N4O3/c1-12(15-9-13(5-7-16(15)24)20(33)23(25,26)27)31-18-8-6-14(10-17(18)28-11-19(31)32)29-21(34)30-22(2,3)4/h5-12,20,33H,1-4H3,(H2,29,30,34)/t12-,20?/m0/s1. The fraction of sp³-hybridized carbons (Fsp3) is 0.348. The molecule has 2 amide bonds. The molecule has 0 saturated heterocycles. The largest absolute Gasteiger partial charge is 0.418 e. The molecule has 2 aromatic carbocycles. The number of alkyl halides is 3. The summed E-state index contributed by atoms with van der Waals surface area (Å²) in [5.41, 5.74) is -0.850. The van der Waals surface area contributed by atoms with Crippen LogP contribution in [0.4, 0.5) is 28.0 Å². The van der Waals surface area contributed by atoms with Crippen LogP contribution in [0.2, 0.25) is 0 Å². The molecular weight excluding hydrogens is 456 g/mol. The topological polar surface area (TPSA) is 96.2 Å². The molecule has 7 nitrogen and oxygen atoms in total. The fourth-order valence-corrected chi connectivity index (χ4v) is 3.50.